The zero-order valence-electron chi connectivity index (χ0n) is 20.5. The maximum Gasteiger partial charge on any atom is 0.0708 e. The first kappa shape index (κ1) is 24.9. The molecular weight excluding hydrogens is 366 g/mol. The van der Waals surface area contributed by atoms with E-state index in [1.54, 1.807) is 0 Å². The monoisotopic (exact) mass is 411 g/mol. The molecule has 1 saturated heterocycles. The van der Waals surface area contributed by atoms with Gasteiger partial charge in [0.25, 0.3) is 0 Å². The summed E-state index contributed by atoms with van der Waals surface area (Å²) in [5.74, 6) is 0.474. The summed E-state index contributed by atoms with van der Waals surface area (Å²) in [6, 6.07) is 0. The first-order chi connectivity index (χ1) is 14.4. The summed E-state index contributed by atoms with van der Waals surface area (Å²) in [5.41, 5.74) is 7.18. The summed E-state index contributed by atoms with van der Waals surface area (Å²) in [6.07, 6.45) is 16.6. The minimum absolute atomic E-state index is 0.309. The number of piperidine rings is 1. The highest BCUT2D eigenvalue weighted by Crippen LogP contribution is 2.38. The fourth-order valence-electron chi connectivity index (χ4n) is 5.02. The van der Waals surface area contributed by atoms with E-state index in [2.05, 4.69) is 71.2 Å². The van der Waals surface area contributed by atoms with Crippen LogP contribution in [0.3, 0.4) is 0 Å². The SMILES string of the molecule is C=C/C=C\C1=C(C)C(=C(C)C)C(C)C=C1CCC(CN1CCCCC1)OC(C)CC. The molecule has 30 heavy (non-hydrogen) atoms. The number of nitrogens with zero attached hydrogens (tertiary/aromatic N) is 1. The average Bonchev–Trinajstić information content (AvgIpc) is 2.71. The summed E-state index contributed by atoms with van der Waals surface area (Å²) in [4.78, 5) is 2.62. The molecule has 2 nitrogen and oxygen atoms in total. The maximum absolute atomic E-state index is 6.49. The Labute approximate surface area is 186 Å². The van der Waals surface area contributed by atoms with Gasteiger partial charge in [-0.2, -0.15) is 0 Å². The average molecular weight is 412 g/mol. The number of rotatable bonds is 10. The van der Waals surface area contributed by atoms with Crippen molar-refractivity contribution in [3.8, 4) is 0 Å². The van der Waals surface area contributed by atoms with Crippen molar-refractivity contribution in [2.75, 3.05) is 19.6 Å². The van der Waals surface area contributed by atoms with Crippen LogP contribution in [0.4, 0.5) is 0 Å². The summed E-state index contributed by atoms with van der Waals surface area (Å²) in [7, 11) is 0. The van der Waals surface area contributed by atoms with Gasteiger partial charge in [-0.3, -0.25) is 0 Å². The van der Waals surface area contributed by atoms with Crippen molar-refractivity contribution in [1.82, 2.24) is 4.90 Å². The van der Waals surface area contributed by atoms with Gasteiger partial charge in [-0.1, -0.05) is 56.7 Å². The van der Waals surface area contributed by atoms with Crippen LogP contribution in [0.1, 0.15) is 80.1 Å². The molecule has 2 heteroatoms. The molecule has 0 aromatic rings. The Balaban J connectivity index is 2.18. The highest BCUT2D eigenvalue weighted by molar-refractivity contribution is 5.56. The molecule has 0 N–H and O–H groups in total. The molecule has 0 amide bonds. The van der Waals surface area contributed by atoms with Crippen LogP contribution in [0.15, 0.2) is 58.7 Å². The van der Waals surface area contributed by atoms with E-state index in [0.717, 1.165) is 25.8 Å². The largest absolute Gasteiger partial charge is 0.374 e. The molecule has 0 aromatic carbocycles. The molecule has 1 heterocycles. The molecule has 1 fully saturated rings. The third-order valence-corrected chi connectivity index (χ3v) is 6.64. The van der Waals surface area contributed by atoms with Gasteiger partial charge in [0, 0.05) is 6.54 Å². The molecule has 0 saturated carbocycles. The second-order valence-electron chi connectivity index (χ2n) is 9.40. The quantitative estimate of drug-likeness (QED) is 0.347. The van der Waals surface area contributed by atoms with Gasteiger partial charge in [0.1, 0.15) is 0 Å². The molecular formula is C28H45NO. The topological polar surface area (TPSA) is 12.5 Å². The Morgan fingerprint density at radius 3 is 2.57 bits per heavy atom. The van der Waals surface area contributed by atoms with Crippen molar-refractivity contribution >= 4 is 0 Å². The van der Waals surface area contributed by atoms with Crippen LogP contribution in [0.5, 0.6) is 0 Å². The van der Waals surface area contributed by atoms with Crippen LogP contribution in [0.2, 0.25) is 0 Å². The van der Waals surface area contributed by atoms with Gasteiger partial charge in [-0.25, -0.2) is 0 Å². The zero-order chi connectivity index (χ0) is 22.1. The highest BCUT2D eigenvalue weighted by Gasteiger charge is 2.24. The fourth-order valence-corrected chi connectivity index (χ4v) is 5.02. The summed E-state index contributed by atoms with van der Waals surface area (Å²) < 4.78 is 6.49. The van der Waals surface area contributed by atoms with Gasteiger partial charge >= 0.3 is 0 Å². The standard InChI is InChI=1S/C28H45NO/c1-8-10-14-27-24(7)28(21(3)4)22(5)19-25(27)15-16-26(30-23(6)9-2)20-29-17-12-11-13-18-29/h8,10,14,19,22-23,26H,1,9,11-13,15-18,20H2,2-7H3/b14-10-. The van der Waals surface area contributed by atoms with E-state index >= 15 is 0 Å². The molecule has 3 unspecified atom stereocenters. The third kappa shape index (κ3) is 7.10. The number of allylic oxidation sites excluding steroid dienone is 9. The normalized spacial score (nSPS) is 22.9. The molecule has 2 rings (SSSR count). The minimum atomic E-state index is 0.309. The Bertz CT molecular complexity index is 683. The first-order valence-electron chi connectivity index (χ1n) is 12.1. The van der Waals surface area contributed by atoms with Crippen LogP contribution >= 0.6 is 0 Å². The molecule has 1 aliphatic carbocycles. The van der Waals surface area contributed by atoms with Gasteiger partial charge in [-0.05, 0) is 101 Å². The zero-order valence-corrected chi connectivity index (χ0v) is 20.5. The van der Waals surface area contributed by atoms with Gasteiger partial charge in [0.15, 0.2) is 0 Å². The molecule has 1 aliphatic heterocycles. The van der Waals surface area contributed by atoms with Crippen molar-refractivity contribution in [2.45, 2.75) is 92.3 Å². The van der Waals surface area contributed by atoms with Crippen molar-refractivity contribution < 1.29 is 4.74 Å². The number of hydrogen-bond donors (Lipinski definition) is 0. The molecule has 168 valence electrons. The Morgan fingerprint density at radius 2 is 1.97 bits per heavy atom. The van der Waals surface area contributed by atoms with E-state index in [4.69, 9.17) is 4.74 Å². The summed E-state index contributed by atoms with van der Waals surface area (Å²) in [6.45, 7) is 20.9. The van der Waals surface area contributed by atoms with E-state index in [-0.39, 0.29) is 0 Å². The lowest BCUT2D eigenvalue weighted by Crippen LogP contribution is -2.38. The Hall–Kier alpha value is -1.38. The molecule has 0 radical (unpaired) electrons. The molecule has 0 aromatic heterocycles. The molecule has 0 bridgehead atoms. The number of likely N-dealkylation sites (tertiary alicyclic amines) is 1. The highest BCUT2D eigenvalue weighted by atomic mass is 16.5. The maximum atomic E-state index is 6.49. The van der Waals surface area contributed by atoms with Gasteiger partial charge < -0.3 is 9.64 Å². The van der Waals surface area contributed by atoms with Crippen molar-refractivity contribution in [3.63, 3.8) is 0 Å². The predicted molar refractivity (Wildman–Crippen MR) is 132 cm³/mol. The van der Waals surface area contributed by atoms with Crippen molar-refractivity contribution in [2.24, 2.45) is 5.92 Å². The smallest absolute Gasteiger partial charge is 0.0708 e. The lowest BCUT2D eigenvalue weighted by atomic mass is 9.78. The summed E-state index contributed by atoms with van der Waals surface area (Å²) >= 11 is 0. The minimum Gasteiger partial charge on any atom is -0.374 e. The van der Waals surface area contributed by atoms with E-state index in [0.29, 0.717) is 18.1 Å². The fraction of sp³-hybridized carbons (Fsp3) is 0.643. The van der Waals surface area contributed by atoms with E-state index in [9.17, 15) is 0 Å². The molecule has 2 aliphatic rings. The van der Waals surface area contributed by atoms with E-state index < -0.39 is 0 Å². The van der Waals surface area contributed by atoms with E-state index in [1.165, 1.54) is 60.2 Å². The van der Waals surface area contributed by atoms with E-state index in [1.807, 2.05) is 6.08 Å². The second kappa shape index (κ2) is 12.5. The first-order valence-corrected chi connectivity index (χ1v) is 12.1. The van der Waals surface area contributed by atoms with Crippen LogP contribution in [0, 0.1) is 5.92 Å². The summed E-state index contributed by atoms with van der Waals surface area (Å²) in [5, 5.41) is 0. The van der Waals surface area contributed by atoms with Crippen LogP contribution < -0.4 is 0 Å². The van der Waals surface area contributed by atoms with Gasteiger partial charge in [0.2, 0.25) is 0 Å². The lowest BCUT2D eigenvalue weighted by molar-refractivity contribution is -0.0277. The van der Waals surface area contributed by atoms with Crippen LogP contribution in [-0.2, 0) is 4.74 Å². The Morgan fingerprint density at radius 1 is 1.27 bits per heavy atom. The predicted octanol–water partition coefficient (Wildman–Crippen LogP) is 7.41. The lowest BCUT2D eigenvalue weighted by Gasteiger charge is -2.32. The van der Waals surface area contributed by atoms with Gasteiger partial charge in [0.05, 0.1) is 12.2 Å². The third-order valence-electron chi connectivity index (χ3n) is 6.64. The Kier molecular flexibility index (Phi) is 10.3. The number of hydrogen-bond acceptors (Lipinski definition) is 2. The second-order valence-corrected chi connectivity index (χ2v) is 9.40. The molecule has 0 spiro atoms. The van der Waals surface area contributed by atoms with Crippen molar-refractivity contribution in [1.29, 1.82) is 0 Å². The van der Waals surface area contributed by atoms with Crippen LogP contribution in [0.25, 0.3) is 0 Å². The number of ether oxygens (including phenoxy) is 1. The van der Waals surface area contributed by atoms with Gasteiger partial charge in [-0.15, -0.1) is 0 Å². The van der Waals surface area contributed by atoms with Crippen molar-refractivity contribution in [3.05, 3.63) is 58.7 Å². The molecule has 3 atom stereocenters. The van der Waals surface area contributed by atoms with Crippen LogP contribution in [-0.4, -0.2) is 36.7 Å².